The van der Waals surface area contributed by atoms with Crippen LogP contribution in [0, 0.1) is 0 Å². The predicted molar refractivity (Wildman–Crippen MR) is 106 cm³/mol. The van der Waals surface area contributed by atoms with Gasteiger partial charge < -0.3 is 24.8 Å². The first-order chi connectivity index (χ1) is 12.6. The molecule has 1 aliphatic rings. The summed E-state index contributed by atoms with van der Waals surface area (Å²) in [5, 5.41) is 6.63. The van der Waals surface area contributed by atoms with Crippen LogP contribution in [0.3, 0.4) is 0 Å². The van der Waals surface area contributed by atoms with Gasteiger partial charge in [-0.2, -0.15) is 0 Å². The lowest BCUT2D eigenvalue weighted by atomic mass is 10.2. The number of aliphatic imine (C=N–C) groups is 1. The molecule has 0 spiro atoms. The molecule has 1 saturated heterocycles. The lowest BCUT2D eigenvalue weighted by Gasteiger charge is -2.37. The number of morpholine rings is 1. The topological polar surface area (TPSA) is 67.4 Å². The van der Waals surface area contributed by atoms with E-state index in [-0.39, 0.29) is 0 Å². The molecule has 2 atom stereocenters. The number of nitrogens with zero attached hydrogens (tertiary/aromatic N) is 2. The van der Waals surface area contributed by atoms with Crippen molar-refractivity contribution < 1.29 is 14.2 Å². The fourth-order valence-electron chi connectivity index (χ4n) is 3.08. The van der Waals surface area contributed by atoms with Crippen molar-refractivity contribution >= 4 is 11.6 Å². The van der Waals surface area contributed by atoms with Gasteiger partial charge in [0.15, 0.2) is 17.5 Å². The van der Waals surface area contributed by atoms with Crippen LogP contribution in [-0.2, 0) is 4.74 Å². The molecule has 1 heterocycles. The second-order valence-electron chi connectivity index (χ2n) is 6.43. The molecule has 1 aliphatic heterocycles. The highest BCUT2D eigenvalue weighted by Crippen LogP contribution is 2.29. The van der Waals surface area contributed by atoms with Gasteiger partial charge in [-0.1, -0.05) is 0 Å². The lowest BCUT2D eigenvalue weighted by molar-refractivity contribution is -0.0165. The van der Waals surface area contributed by atoms with Crippen LogP contribution in [0.1, 0.15) is 20.8 Å². The Morgan fingerprint density at radius 1 is 1.35 bits per heavy atom. The summed E-state index contributed by atoms with van der Waals surface area (Å²) in [6.07, 6.45) is 0. The second kappa shape index (κ2) is 10.2. The highest BCUT2D eigenvalue weighted by atomic mass is 16.5. The molecule has 0 radical (unpaired) electrons. The van der Waals surface area contributed by atoms with E-state index in [9.17, 15) is 0 Å². The van der Waals surface area contributed by atoms with Gasteiger partial charge in [-0.05, 0) is 32.9 Å². The summed E-state index contributed by atoms with van der Waals surface area (Å²) in [6.45, 7) is 10.5. The molecule has 0 bridgehead atoms. The Kier molecular flexibility index (Phi) is 8.00. The maximum atomic E-state index is 5.52. The Bertz CT molecular complexity index is 594. The Morgan fingerprint density at radius 3 is 2.77 bits per heavy atom. The van der Waals surface area contributed by atoms with E-state index in [4.69, 9.17) is 19.2 Å². The highest BCUT2D eigenvalue weighted by molar-refractivity contribution is 5.93. The molecule has 1 fully saturated rings. The third kappa shape index (κ3) is 5.51. The molecule has 146 valence electrons. The van der Waals surface area contributed by atoms with Gasteiger partial charge in [0.25, 0.3) is 0 Å². The minimum atomic E-state index is 0.356. The zero-order chi connectivity index (χ0) is 18.9. The van der Waals surface area contributed by atoms with Crippen molar-refractivity contribution in [2.24, 2.45) is 4.99 Å². The van der Waals surface area contributed by atoms with Crippen LogP contribution < -0.4 is 20.1 Å². The molecule has 7 nitrogen and oxygen atoms in total. The quantitative estimate of drug-likeness (QED) is 0.571. The van der Waals surface area contributed by atoms with Crippen LogP contribution in [0.5, 0.6) is 11.5 Å². The number of rotatable bonds is 7. The number of guanidine groups is 1. The number of anilines is 1. The molecular formula is C19H32N4O3. The average Bonchev–Trinajstić information content (AvgIpc) is 2.66. The fraction of sp³-hybridized carbons (Fsp3) is 0.632. The van der Waals surface area contributed by atoms with Gasteiger partial charge >= 0.3 is 0 Å². The van der Waals surface area contributed by atoms with Gasteiger partial charge in [-0.15, -0.1) is 0 Å². The van der Waals surface area contributed by atoms with Crippen LogP contribution in [0.4, 0.5) is 5.69 Å². The average molecular weight is 364 g/mol. The zero-order valence-electron chi connectivity index (χ0n) is 16.5. The van der Waals surface area contributed by atoms with E-state index < -0.39 is 0 Å². The largest absolute Gasteiger partial charge is 0.493 e. The standard InChI is InChI=1S/C19H32N4O3/c1-6-20-19(21-12-14(2)23-9-10-26-13-15(23)3)22-16-7-8-17(24-4)18(11-16)25-5/h7-8,11,14-15H,6,9-10,12-13H2,1-5H3,(H2,20,21,22). The smallest absolute Gasteiger partial charge is 0.195 e. The van der Waals surface area contributed by atoms with Gasteiger partial charge in [0.1, 0.15) is 0 Å². The Hall–Kier alpha value is -1.99. The molecule has 0 saturated carbocycles. The molecule has 2 rings (SSSR count). The van der Waals surface area contributed by atoms with E-state index in [0.717, 1.165) is 38.0 Å². The number of ether oxygens (including phenoxy) is 3. The molecule has 2 N–H and O–H groups in total. The monoisotopic (exact) mass is 364 g/mol. The first-order valence-electron chi connectivity index (χ1n) is 9.19. The third-order valence-electron chi connectivity index (χ3n) is 4.49. The minimum absolute atomic E-state index is 0.356. The van der Waals surface area contributed by atoms with Crippen LogP contribution in [-0.4, -0.2) is 70.0 Å². The highest BCUT2D eigenvalue weighted by Gasteiger charge is 2.23. The van der Waals surface area contributed by atoms with Crippen molar-refractivity contribution in [2.75, 3.05) is 52.4 Å². The summed E-state index contributed by atoms with van der Waals surface area (Å²) in [7, 11) is 3.26. The summed E-state index contributed by atoms with van der Waals surface area (Å²) in [6, 6.07) is 6.51. The third-order valence-corrected chi connectivity index (χ3v) is 4.49. The van der Waals surface area contributed by atoms with Crippen molar-refractivity contribution in [3.05, 3.63) is 18.2 Å². The van der Waals surface area contributed by atoms with Gasteiger partial charge in [0, 0.05) is 36.9 Å². The van der Waals surface area contributed by atoms with E-state index in [1.54, 1.807) is 14.2 Å². The van der Waals surface area contributed by atoms with Gasteiger partial charge in [0.2, 0.25) is 0 Å². The Labute approximate surface area is 156 Å². The first kappa shape index (κ1) is 20.3. The van der Waals surface area contributed by atoms with Crippen LogP contribution in [0.25, 0.3) is 0 Å². The van der Waals surface area contributed by atoms with Gasteiger partial charge in [-0.25, -0.2) is 0 Å². The van der Waals surface area contributed by atoms with E-state index in [2.05, 4.69) is 36.3 Å². The molecule has 1 aromatic rings. The van der Waals surface area contributed by atoms with E-state index in [1.165, 1.54) is 0 Å². The molecule has 0 aliphatic carbocycles. The Morgan fingerprint density at radius 2 is 2.12 bits per heavy atom. The molecule has 0 amide bonds. The molecule has 26 heavy (non-hydrogen) atoms. The number of hydrogen-bond acceptors (Lipinski definition) is 5. The van der Waals surface area contributed by atoms with Crippen LogP contribution in [0.2, 0.25) is 0 Å². The summed E-state index contributed by atoms with van der Waals surface area (Å²) < 4.78 is 16.2. The number of benzene rings is 1. The molecule has 7 heteroatoms. The predicted octanol–water partition coefficient (Wildman–Crippen LogP) is 2.19. The fourth-order valence-corrected chi connectivity index (χ4v) is 3.08. The molecule has 0 aromatic heterocycles. The van der Waals surface area contributed by atoms with Crippen molar-refractivity contribution in [1.29, 1.82) is 0 Å². The summed E-state index contributed by atoms with van der Waals surface area (Å²) in [5.74, 6) is 2.14. The van der Waals surface area contributed by atoms with Crippen LogP contribution in [0.15, 0.2) is 23.2 Å². The summed E-state index contributed by atoms with van der Waals surface area (Å²) in [4.78, 5) is 7.21. The summed E-state index contributed by atoms with van der Waals surface area (Å²) >= 11 is 0. The van der Waals surface area contributed by atoms with Gasteiger partial charge in [-0.3, -0.25) is 9.89 Å². The maximum Gasteiger partial charge on any atom is 0.195 e. The van der Waals surface area contributed by atoms with E-state index >= 15 is 0 Å². The van der Waals surface area contributed by atoms with Gasteiger partial charge in [0.05, 0.1) is 34.0 Å². The van der Waals surface area contributed by atoms with E-state index in [0.29, 0.717) is 30.1 Å². The van der Waals surface area contributed by atoms with Crippen LogP contribution >= 0.6 is 0 Å². The number of hydrogen-bond donors (Lipinski definition) is 2. The normalized spacial score (nSPS) is 19.7. The number of nitrogens with one attached hydrogen (secondary N) is 2. The second-order valence-corrected chi connectivity index (χ2v) is 6.43. The van der Waals surface area contributed by atoms with E-state index in [1.807, 2.05) is 18.2 Å². The SMILES string of the molecule is CCNC(=NCC(C)N1CCOCC1C)Nc1ccc(OC)c(OC)c1. The zero-order valence-corrected chi connectivity index (χ0v) is 16.5. The van der Waals surface area contributed by atoms with Crippen molar-refractivity contribution in [3.63, 3.8) is 0 Å². The lowest BCUT2D eigenvalue weighted by Crippen LogP contribution is -2.49. The summed E-state index contributed by atoms with van der Waals surface area (Å²) in [5.41, 5.74) is 0.898. The Balaban J connectivity index is 2.04. The molecule has 2 unspecified atom stereocenters. The number of methoxy groups -OCH3 is 2. The first-order valence-corrected chi connectivity index (χ1v) is 9.19. The maximum absolute atomic E-state index is 5.52. The minimum Gasteiger partial charge on any atom is -0.493 e. The van der Waals surface area contributed by atoms with Crippen molar-refractivity contribution in [1.82, 2.24) is 10.2 Å². The molecule has 1 aromatic carbocycles. The van der Waals surface area contributed by atoms with Crippen molar-refractivity contribution in [2.45, 2.75) is 32.9 Å². The van der Waals surface area contributed by atoms with Crippen molar-refractivity contribution in [3.8, 4) is 11.5 Å². The molecular weight excluding hydrogens is 332 g/mol.